The minimum Gasteiger partial charge on any atom is -0.366 e. The molecule has 0 amide bonds. The highest BCUT2D eigenvalue weighted by Gasteiger charge is 2.25. The van der Waals surface area contributed by atoms with Crippen LogP contribution in [-0.2, 0) is 0 Å². The number of nitrogens with zero attached hydrogens (tertiary/aromatic N) is 2. The van der Waals surface area contributed by atoms with Crippen molar-refractivity contribution < 1.29 is 4.39 Å². The van der Waals surface area contributed by atoms with Gasteiger partial charge in [-0.05, 0) is 39.2 Å². The first-order valence-electron chi connectivity index (χ1n) is 6.46. The maximum Gasteiger partial charge on any atom is 0.125 e. The second-order valence-corrected chi connectivity index (χ2v) is 5.35. The van der Waals surface area contributed by atoms with Gasteiger partial charge in [0.1, 0.15) is 5.82 Å². The van der Waals surface area contributed by atoms with Gasteiger partial charge in [0.2, 0.25) is 0 Å². The predicted octanol–water partition coefficient (Wildman–Crippen LogP) is 1.55. The van der Waals surface area contributed by atoms with Crippen molar-refractivity contribution in [3.63, 3.8) is 0 Å². The van der Waals surface area contributed by atoms with Gasteiger partial charge in [-0.2, -0.15) is 0 Å². The molecule has 0 bridgehead atoms. The van der Waals surface area contributed by atoms with Crippen LogP contribution in [0.15, 0.2) is 24.3 Å². The molecule has 1 heterocycles. The lowest BCUT2D eigenvalue weighted by Crippen LogP contribution is -2.58. The number of piperazine rings is 1. The van der Waals surface area contributed by atoms with Crippen LogP contribution >= 0.6 is 0 Å². The van der Waals surface area contributed by atoms with E-state index < -0.39 is 0 Å². The first-order valence-corrected chi connectivity index (χ1v) is 6.46. The number of benzene rings is 1. The van der Waals surface area contributed by atoms with Gasteiger partial charge in [0, 0.05) is 37.4 Å². The van der Waals surface area contributed by atoms with E-state index in [1.807, 2.05) is 6.07 Å². The van der Waals surface area contributed by atoms with E-state index in [9.17, 15) is 4.39 Å². The minimum absolute atomic E-state index is 0.164. The highest BCUT2D eigenvalue weighted by Crippen LogP contribution is 2.20. The zero-order chi connectivity index (χ0) is 13.1. The average molecular weight is 251 g/mol. The van der Waals surface area contributed by atoms with E-state index in [2.05, 4.69) is 36.1 Å². The Balaban J connectivity index is 2.10. The lowest BCUT2D eigenvalue weighted by molar-refractivity contribution is 0.306. The van der Waals surface area contributed by atoms with E-state index in [1.165, 1.54) is 6.07 Å². The van der Waals surface area contributed by atoms with Gasteiger partial charge in [0.15, 0.2) is 0 Å². The number of anilines is 1. The standard InChI is InChI=1S/C14H22FN3/c1-11-8-16-13(9-17(2)3)10-18(11)14-6-4-5-12(15)7-14/h4-7,11,13,16H,8-10H2,1-3H3. The Hall–Kier alpha value is -1.13. The summed E-state index contributed by atoms with van der Waals surface area (Å²) >= 11 is 0. The second kappa shape index (κ2) is 5.67. The fourth-order valence-electron chi connectivity index (χ4n) is 2.51. The molecular weight excluding hydrogens is 229 g/mol. The third kappa shape index (κ3) is 3.21. The molecule has 0 saturated carbocycles. The van der Waals surface area contributed by atoms with Crippen LogP contribution < -0.4 is 10.2 Å². The van der Waals surface area contributed by atoms with Crippen LogP contribution in [0.4, 0.5) is 10.1 Å². The fraction of sp³-hybridized carbons (Fsp3) is 0.571. The molecule has 2 rings (SSSR count). The summed E-state index contributed by atoms with van der Waals surface area (Å²) < 4.78 is 13.3. The van der Waals surface area contributed by atoms with Crippen molar-refractivity contribution >= 4 is 5.69 Å². The molecule has 1 aliphatic heterocycles. The monoisotopic (exact) mass is 251 g/mol. The summed E-state index contributed by atoms with van der Waals surface area (Å²) in [6.45, 7) is 5.03. The Labute approximate surface area is 109 Å². The van der Waals surface area contributed by atoms with Crippen molar-refractivity contribution in [2.75, 3.05) is 38.6 Å². The van der Waals surface area contributed by atoms with Gasteiger partial charge >= 0.3 is 0 Å². The van der Waals surface area contributed by atoms with Gasteiger partial charge < -0.3 is 15.1 Å². The molecule has 1 aliphatic rings. The lowest BCUT2D eigenvalue weighted by atomic mass is 10.1. The van der Waals surface area contributed by atoms with Crippen molar-refractivity contribution in [2.45, 2.75) is 19.0 Å². The molecule has 100 valence electrons. The summed E-state index contributed by atoms with van der Waals surface area (Å²) in [4.78, 5) is 4.46. The Kier molecular flexibility index (Phi) is 4.19. The summed E-state index contributed by atoms with van der Waals surface area (Å²) in [5.74, 6) is -0.164. The highest BCUT2D eigenvalue weighted by atomic mass is 19.1. The summed E-state index contributed by atoms with van der Waals surface area (Å²) in [6, 6.07) is 7.70. The maximum atomic E-state index is 13.3. The van der Waals surface area contributed by atoms with Gasteiger partial charge in [-0.3, -0.25) is 0 Å². The van der Waals surface area contributed by atoms with Crippen molar-refractivity contribution in [3.8, 4) is 0 Å². The SMILES string of the molecule is CC1CNC(CN(C)C)CN1c1cccc(F)c1. The van der Waals surface area contributed by atoms with Gasteiger partial charge in [0.05, 0.1) is 0 Å². The molecule has 2 atom stereocenters. The normalized spacial score (nSPS) is 24.6. The van der Waals surface area contributed by atoms with Crippen molar-refractivity contribution in [3.05, 3.63) is 30.1 Å². The third-order valence-corrected chi connectivity index (χ3v) is 3.38. The van der Waals surface area contributed by atoms with Crippen LogP contribution in [0.2, 0.25) is 0 Å². The van der Waals surface area contributed by atoms with E-state index in [1.54, 1.807) is 12.1 Å². The Morgan fingerprint density at radius 1 is 1.44 bits per heavy atom. The molecule has 1 fully saturated rings. The van der Waals surface area contributed by atoms with Crippen molar-refractivity contribution in [1.82, 2.24) is 10.2 Å². The zero-order valence-corrected chi connectivity index (χ0v) is 11.4. The average Bonchev–Trinajstić information content (AvgIpc) is 2.31. The number of nitrogens with one attached hydrogen (secondary N) is 1. The van der Waals surface area contributed by atoms with Crippen LogP contribution in [0.5, 0.6) is 0 Å². The molecule has 0 radical (unpaired) electrons. The molecule has 1 aromatic rings. The number of rotatable bonds is 3. The van der Waals surface area contributed by atoms with E-state index in [-0.39, 0.29) is 5.82 Å². The van der Waals surface area contributed by atoms with E-state index in [0.717, 1.165) is 25.3 Å². The molecule has 2 unspecified atom stereocenters. The predicted molar refractivity (Wildman–Crippen MR) is 73.6 cm³/mol. The van der Waals surface area contributed by atoms with Crippen molar-refractivity contribution in [1.29, 1.82) is 0 Å². The Morgan fingerprint density at radius 3 is 2.89 bits per heavy atom. The minimum atomic E-state index is -0.164. The molecule has 4 heteroatoms. The lowest BCUT2D eigenvalue weighted by Gasteiger charge is -2.41. The van der Waals surface area contributed by atoms with Gasteiger partial charge in [0.25, 0.3) is 0 Å². The molecule has 0 spiro atoms. The molecule has 1 aromatic carbocycles. The van der Waals surface area contributed by atoms with Gasteiger partial charge in [-0.15, -0.1) is 0 Å². The van der Waals surface area contributed by atoms with Crippen molar-refractivity contribution in [2.24, 2.45) is 0 Å². The van der Waals surface area contributed by atoms with E-state index >= 15 is 0 Å². The smallest absolute Gasteiger partial charge is 0.125 e. The van der Waals surface area contributed by atoms with E-state index in [0.29, 0.717) is 12.1 Å². The summed E-state index contributed by atoms with van der Waals surface area (Å²) in [5, 5.41) is 3.54. The van der Waals surface area contributed by atoms with Crippen LogP contribution in [-0.4, -0.2) is 50.7 Å². The molecule has 1 N–H and O–H groups in total. The number of hydrogen-bond acceptors (Lipinski definition) is 3. The highest BCUT2D eigenvalue weighted by molar-refractivity contribution is 5.48. The summed E-state index contributed by atoms with van der Waals surface area (Å²) in [5.41, 5.74) is 0.979. The molecule has 0 aromatic heterocycles. The molecule has 0 aliphatic carbocycles. The zero-order valence-electron chi connectivity index (χ0n) is 11.4. The summed E-state index contributed by atoms with van der Waals surface area (Å²) in [7, 11) is 4.15. The number of hydrogen-bond donors (Lipinski definition) is 1. The maximum absolute atomic E-state index is 13.3. The quantitative estimate of drug-likeness (QED) is 0.879. The Morgan fingerprint density at radius 2 is 2.22 bits per heavy atom. The first-order chi connectivity index (χ1) is 8.56. The fourth-order valence-corrected chi connectivity index (χ4v) is 2.51. The molecule has 1 saturated heterocycles. The largest absolute Gasteiger partial charge is 0.366 e. The topological polar surface area (TPSA) is 18.5 Å². The van der Waals surface area contributed by atoms with Crippen LogP contribution in [0, 0.1) is 5.82 Å². The molecular formula is C14H22FN3. The van der Waals surface area contributed by atoms with Gasteiger partial charge in [-0.1, -0.05) is 6.07 Å². The first kappa shape index (κ1) is 13.3. The summed E-state index contributed by atoms with van der Waals surface area (Å²) in [6.07, 6.45) is 0. The van der Waals surface area contributed by atoms with Crippen LogP contribution in [0.25, 0.3) is 0 Å². The van der Waals surface area contributed by atoms with Crippen LogP contribution in [0.3, 0.4) is 0 Å². The van der Waals surface area contributed by atoms with Gasteiger partial charge in [-0.25, -0.2) is 4.39 Å². The molecule has 3 nitrogen and oxygen atoms in total. The van der Waals surface area contributed by atoms with Crippen LogP contribution in [0.1, 0.15) is 6.92 Å². The Bertz CT molecular complexity index is 394. The number of likely N-dealkylation sites (N-methyl/N-ethyl adjacent to an activating group) is 1. The van der Waals surface area contributed by atoms with E-state index in [4.69, 9.17) is 0 Å². The third-order valence-electron chi connectivity index (χ3n) is 3.38. The second-order valence-electron chi connectivity index (χ2n) is 5.35. The number of halogens is 1. The molecule has 18 heavy (non-hydrogen) atoms.